The Morgan fingerprint density at radius 2 is 2.12 bits per heavy atom. The number of hydrogen-bond acceptors (Lipinski definition) is 7. The molecular weight excluding hydrogens is 336 g/mol. The number of fused-ring (bicyclic) bond motifs is 1. The van der Waals surface area contributed by atoms with Crippen LogP contribution in [0.4, 0.5) is 5.82 Å². The minimum Gasteiger partial charge on any atom is -0.377 e. The Hall–Kier alpha value is -2.26. The molecule has 0 radical (unpaired) electrons. The lowest BCUT2D eigenvalue weighted by molar-refractivity contribution is -0.141. The second kappa shape index (κ2) is 7.16. The van der Waals surface area contributed by atoms with Gasteiger partial charge in [-0.15, -0.1) is 0 Å². The topological polar surface area (TPSA) is 85.6 Å². The summed E-state index contributed by atoms with van der Waals surface area (Å²) in [7, 11) is 3.50. The maximum atomic E-state index is 12.5. The first-order valence-corrected chi connectivity index (χ1v) is 9.00. The fourth-order valence-electron chi connectivity index (χ4n) is 3.60. The molecule has 2 aliphatic heterocycles. The lowest BCUT2D eigenvalue weighted by atomic mass is 10.2. The third-order valence-corrected chi connectivity index (χ3v) is 4.99. The molecule has 26 heavy (non-hydrogen) atoms. The molecule has 0 spiro atoms. The van der Waals surface area contributed by atoms with Crippen molar-refractivity contribution in [1.29, 1.82) is 0 Å². The molecule has 0 aromatic carbocycles. The number of aromatic nitrogens is 4. The van der Waals surface area contributed by atoms with Crippen LogP contribution in [0.5, 0.6) is 0 Å². The van der Waals surface area contributed by atoms with Crippen molar-refractivity contribution in [2.75, 3.05) is 44.8 Å². The number of hydrogen-bond donors (Lipinski definition) is 0. The van der Waals surface area contributed by atoms with Crippen LogP contribution in [0.3, 0.4) is 0 Å². The van der Waals surface area contributed by atoms with Gasteiger partial charge in [0.25, 0.3) is 5.91 Å². The molecule has 4 heterocycles. The molecule has 0 saturated carbocycles. The van der Waals surface area contributed by atoms with Crippen molar-refractivity contribution in [3.05, 3.63) is 12.0 Å². The third-order valence-electron chi connectivity index (χ3n) is 4.99. The van der Waals surface area contributed by atoms with E-state index in [4.69, 9.17) is 9.47 Å². The number of ether oxygens (including phenoxy) is 2. The Morgan fingerprint density at radius 1 is 1.31 bits per heavy atom. The van der Waals surface area contributed by atoms with Crippen molar-refractivity contribution >= 4 is 22.8 Å². The predicted molar refractivity (Wildman–Crippen MR) is 94.8 cm³/mol. The van der Waals surface area contributed by atoms with Crippen molar-refractivity contribution in [2.24, 2.45) is 7.05 Å². The first kappa shape index (κ1) is 17.2. The van der Waals surface area contributed by atoms with Gasteiger partial charge in [0.2, 0.25) is 0 Å². The molecule has 1 amide bonds. The van der Waals surface area contributed by atoms with Crippen LogP contribution < -0.4 is 4.90 Å². The van der Waals surface area contributed by atoms with Gasteiger partial charge < -0.3 is 19.3 Å². The maximum Gasteiger partial charge on any atom is 0.251 e. The molecule has 140 valence electrons. The van der Waals surface area contributed by atoms with Gasteiger partial charge in [-0.1, -0.05) is 0 Å². The summed E-state index contributed by atoms with van der Waals surface area (Å²) < 4.78 is 12.5. The number of methoxy groups -OCH3 is 1. The molecule has 2 fully saturated rings. The van der Waals surface area contributed by atoms with Gasteiger partial charge in [0, 0.05) is 46.9 Å². The molecule has 0 N–H and O–H groups in total. The van der Waals surface area contributed by atoms with Gasteiger partial charge in [-0.05, 0) is 12.8 Å². The van der Waals surface area contributed by atoms with E-state index in [1.807, 2.05) is 11.9 Å². The van der Waals surface area contributed by atoms with E-state index in [0.717, 1.165) is 42.8 Å². The monoisotopic (exact) mass is 360 g/mol. The molecule has 2 aromatic rings. The summed E-state index contributed by atoms with van der Waals surface area (Å²) in [5, 5.41) is 5.24. The fourth-order valence-corrected chi connectivity index (χ4v) is 3.60. The van der Waals surface area contributed by atoms with Gasteiger partial charge in [-0.2, -0.15) is 5.10 Å². The molecule has 9 heteroatoms. The maximum absolute atomic E-state index is 12.5. The highest BCUT2D eigenvalue weighted by atomic mass is 16.5. The molecule has 0 bridgehead atoms. The summed E-state index contributed by atoms with van der Waals surface area (Å²) in [6, 6.07) is 0. The average molecular weight is 360 g/mol. The zero-order valence-electron chi connectivity index (χ0n) is 15.2. The normalized spacial score (nSPS) is 20.9. The standard InChI is InChI=1S/C17H24N6O3/c1-21-15-12(10-18-21)16(20-14(19-15)11-25-2)22-5-7-23(8-6-22)17(24)13-4-3-9-26-13/h10,13H,3-9,11H2,1-2H3/t13-/m1/s1. The molecule has 9 nitrogen and oxygen atoms in total. The van der Waals surface area contributed by atoms with Crippen LogP contribution in [-0.2, 0) is 27.9 Å². The SMILES string of the molecule is COCc1nc(N2CCN(C(=O)[C@H]3CCCO3)CC2)c2cnn(C)c2n1. The Labute approximate surface area is 151 Å². The van der Waals surface area contributed by atoms with E-state index in [9.17, 15) is 4.79 Å². The van der Waals surface area contributed by atoms with E-state index >= 15 is 0 Å². The van der Waals surface area contributed by atoms with Gasteiger partial charge in [-0.25, -0.2) is 9.97 Å². The molecule has 2 aromatic heterocycles. The average Bonchev–Trinajstić information content (AvgIpc) is 3.32. The number of carbonyl (C=O) groups is 1. The third kappa shape index (κ3) is 3.12. The van der Waals surface area contributed by atoms with Gasteiger partial charge in [-0.3, -0.25) is 9.48 Å². The summed E-state index contributed by atoms with van der Waals surface area (Å²) >= 11 is 0. The van der Waals surface area contributed by atoms with Crippen molar-refractivity contribution < 1.29 is 14.3 Å². The van der Waals surface area contributed by atoms with Gasteiger partial charge in [0.05, 0.1) is 11.6 Å². The summed E-state index contributed by atoms with van der Waals surface area (Å²) in [5.41, 5.74) is 0.792. The molecule has 4 rings (SSSR count). The van der Waals surface area contributed by atoms with Gasteiger partial charge >= 0.3 is 0 Å². The highest BCUT2D eigenvalue weighted by Crippen LogP contribution is 2.25. The minimum atomic E-state index is -0.251. The van der Waals surface area contributed by atoms with E-state index < -0.39 is 0 Å². The summed E-state index contributed by atoms with van der Waals surface area (Å²) in [5.74, 6) is 1.62. The van der Waals surface area contributed by atoms with Crippen LogP contribution in [-0.4, -0.2) is 76.6 Å². The van der Waals surface area contributed by atoms with Crippen LogP contribution in [0.15, 0.2) is 6.20 Å². The van der Waals surface area contributed by atoms with Crippen LogP contribution in [0, 0.1) is 0 Å². The number of carbonyl (C=O) groups excluding carboxylic acids is 1. The lowest BCUT2D eigenvalue weighted by Gasteiger charge is -2.36. The number of aryl methyl sites for hydroxylation is 1. The van der Waals surface area contributed by atoms with Crippen molar-refractivity contribution in [2.45, 2.75) is 25.6 Å². The molecule has 0 aliphatic carbocycles. The van der Waals surface area contributed by atoms with E-state index in [0.29, 0.717) is 32.1 Å². The number of nitrogens with zero attached hydrogens (tertiary/aromatic N) is 6. The molecule has 2 aliphatic rings. The second-order valence-electron chi connectivity index (χ2n) is 6.72. The Balaban J connectivity index is 1.52. The Bertz CT molecular complexity index is 793. The molecular formula is C17H24N6O3. The van der Waals surface area contributed by atoms with Crippen LogP contribution in [0.25, 0.3) is 11.0 Å². The first-order valence-electron chi connectivity index (χ1n) is 9.00. The number of amides is 1. The van der Waals surface area contributed by atoms with E-state index in [1.165, 1.54) is 0 Å². The zero-order chi connectivity index (χ0) is 18.1. The van der Waals surface area contributed by atoms with E-state index in [1.54, 1.807) is 18.0 Å². The van der Waals surface area contributed by atoms with Crippen LogP contribution in [0.2, 0.25) is 0 Å². The predicted octanol–water partition coefficient (Wildman–Crippen LogP) is 0.337. The number of piperazine rings is 1. The lowest BCUT2D eigenvalue weighted by Crippen LogP contribution is -2.51. The molecule has 1 atom stereocenters. The highest BCUT2D eigenvalue weighted by molar-refractivity contribution is 5.87. The summed E-state index contributed by atoms with van der Waals surface area (Å²) in [6.07, 6.45) is 3.35. The number of rotatable bonds is 4. The first-order chi connectivity index (χ1) is 12.7. The largest absolute Gasteiger partial charge is 0.377 e. The minimum absolute atomic E-state index is 0.122. The van der Waals surface area contributed by atoms with E-state index in [-0.39, 0.29) is 12.0 Å². The number of anilines is 1. The highest BCUT2D eigenvalue weighted by Gasteiger charge is 2.31. The Kier molecular flexibility index (Phi) is 4.73. The smallest absolute Gasteiger partial charge is 0.251 e. The molecule has 0 unspecified atom stereocenters. The second-order valence-corrected chi connectivity index (χ2v) is 6.72. The van der Waals surface area contributed by atoms with Crippen molar-refractivity contribution in [1.82, 2.24) is 24.6 Å². The Morgan fingerprint density at radius 3 is 2.81 bits per heavy atom. The van der Waals surface area contributed by atoms with Crippen molar-refractivity contribution in [3.63, 3.8) is 0 Å². The fraction of sp³-hybridized carbons (Fsp3) is 0.647. The van der Waals surface area contributed by atoms with E-state index in [2.05, 4.69) is 20.0 Å². The van der Waals surface area contributed by atoms with Crippen LogP contribution in [0.1, 0.15) is 18.7 Å². The van der Waals surface area contributed by atoms with Crippen molar-refractivity contribution in [3.8, 4) is 0 Å². The quantitative estimate of drug-likeness (QED) is 0.777. The summed E-state index contributed by atoms with van der Waals surface area (Å²) in [6.45, 7) is 3.84. The van der Waals surface area contributed by atoms with Gasteiger partial charge in [0.1, 0.15) is 18.5 Å². The zero-order valence-corrected chi connectivity index (χ0v) is 15.2. The van der Waals surface area contributed by atoms with Crippen LogP contribution >= 0.6 is 0 Å². The molecule has 2 saturated heterocycles. The summed E-state index contributed by atoms with van der Waals surface area (Å²) in [4.78, 5) is 25.8. The van der Waals surface area contributed by atoms with Gasteiger partial charge in [0.15, 0.2) is 11.5 Å².